The Balaban J connectivity index is 2.13. The van der Waals surface area contributed by atoms with E-state index in [1.165, 1.54) is 25.7 Å². The van der Waals surface area contributed by atoms with E-state index in [9.17, 15) is 4.79 Å². The van der Waals surface area contributed by atoms with Gasteiger partial charge in [0, 0.05) is 6.54 Å². The van der Waals surface area contributed by atoms with Crippen LogP contribution in [0.5, 0.6) is 0 Å². The number of ketones is 1. The zero-order valence-corrected chi connectivity index (χ0v) is 8.62. The molecule has 2 rings (SSSR count). The van der Waals surface area contributed by atoms with Crippen LogP contribution in [0.1, 0.15) is 32.6 Å². The van der Waals surface area contributed by atoms with Gasteiger partial charge in [0.1, 0.15) is 5.78 Å². The average molecular weight is 181 g/mol. The fraction of sp³-hybridized carbons (Fsp3) is 0.909. The molecule has 1 saturated heterocycles. The van der Waals surface area contributed by atoms with Crippen molar-refractivity contribution >= 4 is 5.78 Å². The molecule has 2 heteroatoms. The fourth-order valence-electron chi connectivity index (χ4n) is 3.30. The lowest BCUT2D eigenvalue weighted by Gasteiger charge is -2.27. The fourth-order valence-corrected chi connectivity index (χ4v) is 3.30. The molecule has 74 valence electrons. The molecule has 0 aromatic carbocycles. The summed E-state index contributed by atoms with van der Waals surface area (Å²) in [7, 11) is 2.10. The van der Waals surface area contributed by atoms with Crippen molar-refractivity contribution in [3.05, 3.63) is 0 Å². The molecule has 1 aliphatic carbocycles. The molecular weight excluding hydrogens is 162 g/mol. The first-order chi connectivity index (χ1) is 6.20. The molecule has 1 heterocycles. The smallest absolute Gasteiger partial charge is 0.147 e. The maximum Gasteiger partial charge on any atom is 0.147 e. The average Bonchev–Trinajstić information content (AvgIpc) is 2.39. The molecule has 0 amide bonds. The Kier molecular flexibility index (Phi) is 2.41. The van der Waals surface area contributed by atoms with Gasteiger partial charge in [0.15, 0.2) is 0 Å². The van der Waals surface area contributed by atoms with Crippen molar-refractivity contribution in [3.8, 4) is 0 Å². The Morgan fingerprint density at radius 3 is 2.69 bits per heavy atom. The number of hydrogen-bond acceptors (Lipinski definition) is 2. The van der Waals surface area contributed by atoms with E-state index in [2.05, 4.69) is 11.9 Å². The van der Waals surface area contributed by atoms with Crippen LogP contribution in [0.4, 0.5) is 0 Å². The highest BCUT2D eigenvalue weighted by atomic mass is 16.1. The number of carbonyl (C=O) groups excluding carboxylic acids is 1. The maximum absolute atomic E-state index is 11.5. The molecular formula is C11H19NO. The number of Topliss-reactive ketones (excluding diaryl/α,β-unsaturated/α-hetero) is 1. The number of nitrogens with zero attached hydrogens (tertiary/aromatic N) is 1. The SMILES string of the molecule is CC(=O)[C@@H]1C2CCCCC2CN1C. The molecule has 2 fully saturated rings. The first-order valence-corrected chi connectivity index (χ1v) is 5.41. The van der Waals surface area contributed by atoms with Crippen molar-refractivity contribution in [3.63, 3.8) is 0 Å². The van der Waals surface area contributed by atoms with Gasteiger partial charge in [-0.1, -0.05) is 12.8 Å². The summed E-state index contributed by atoms with van der Waals surface area (Å²) in [5.74, 6) is 1.86. The number of hydrogen-bond donors (Lipinski definition) is 0. The first kappa shape index (κ1) is 9.20. The summed E-state index contributed by atoms with van der Waals surface area (Å²) in [6.07, 6.45) is 5.33. The Hall–Kier alpha value is -0.370. The lowest BCUT2D eigenvalue weighted by atomic mass is 9.78. The van der Waals surface area contributed by atoms with Gasteiger partial charge in [-0.15, -0.1) is 0 Å². The third kappa shape index (κ3) is 1.52. The van der Waals surface area contributed by atoms with Crippen LogP contribution in [0, 0.1) is 11.8 Å². The quantitative estimate of drug-likeness (QED) is 0.613. The van der Waals surface area contributed by atoms with E-state index in [4.69, 9.17) is 0 Å². The van der Waals surface area contributed by atoms with E-state index in [1.54, 1.807) is 6.92 Å². The highest BCUT2D eigenvalue weighted by Gasteiger charge is 2.42. The highest BCUT2D eigenvalue weighted by molar-refractivity contribution is 5.82. The molecule has 0 aromatic heterocycles. The Morgan fingerprint density at radius 2 is 2.00 bits per heavy atom. The highest BCUT2D eigenvalue weighted by Crippen LogP contribution is 2.39. The Morgan fingerprint density at radius 1 is 1.31 bits per heavy atom. The lowest BCUT2D eigenvalue weighted by Crippen LogP contribution is -2.36. The predicted octanol–water partition coefficient (Wildman–Crippen LogP) is 1.70. The molecule has 2 unspecified atom stereocenters. The largest absolute Gasteiger partial charge is 0.298 e. The van der Waals surface area contributed by atoms with Gasteiger partial charge in [0.2, 0.25) is 0 Å². The van der Waals surface area contributed by atoms with Crippen molar-refractivity contribution in [1.82, 2.24) is 4.90 Å². The number of carbonyl (C=O) groups is 1. The predicted molar refractivity (Wildman–Crippen MR) is 52.5 cm³/mol. The van der Waals surface area contributed by atoms with E-state index in [0.717, 1.165) is 12.5 Å². The summed E-state index contributed by atoms with van der Waals surface area (Å²) in [5.41, 5.74) is 0. The zero-order valence-electron chi connectivity index (χ0n) is 8.62. The summed E-state index contributed by atoms with van der Waals surface area (Å²) >= 11 is 0. The Bertz CT molecular complexity index is 214. The van der Waals surface area contributed by atoms with Gasteiger partial charge in [-0.25, -0.2) is 0 Å². The molecule has 2 aliphatic rings. The molecule has 3 atom stereocenters. The molecule has 0 radical (unpaired) electrons. The number of fused-ring (bicyclic) bond motifs is 1. The van der Waals surface area contributed by atoms with Crippen LogP contribution in [0.15, 0.2) is 0 Å². The van der Waals surface area contributed by atoms with E-state index < -0.39 is 0 Å². The minimum atomic E-state index is 0.241. The summed E-state index contributed by atoms with van der Waals surface area (Å²) in [6.45, 7) is 2.90. The van der Waals surface area contributed by atoms with E-state index in [1.807, 2.05) is 0 Å². The van der Waals surface area contributed by atoms with Crippen LogP contribution >= 0.6 is 0 Å². The summed E-state index contributed by atoms with van der Waals surface area (Å²) in [4.78, 5) is 13.7. The number of likely N-dealkylation sites (tertiary alicyclic amines) is 1. The second-order valence-electron chi connectivity index (χ2n) is 4.70. The second-order valence-corrected chi connectivity index (χ2v) is 4.70. The number of likely N-dealkylation sites (N-methyl/N-ethyl adjacent to an activating group) is 1. The van der Waals surface area contributed by atoms with Crippen molar-refractivity contribution in [2.24, 2.45) is 11.8 Å². The molecule has 0 bridgehead atoms. The van der Waals surface area contributed by atoms with Crippen LogP contribution in [0.3, 0.4) is 0 Å². The zero-order chi connectivity index (χ0) is 9.42. The normalized spacial score (nSPS) is 40.3. The second kappa shape index (κ2) is 3.41. The molecule has 0 spiro atoms. The minimum Gasteiger partial charge on any atom is -0.298 e. The van der Waals surface area contributed by atoms with Crippen LogP contribution in [0.25, 0.3) is 0 Å². The van der Waals surface area contributed by atoms with Gasteiger partial charge in [-0.2, -0.15) is 0 Å². The van der Waals surface area contributed by atoms with E-state index in [-0.39, 0.29) is 6.04 Å². The van der Waals surface area contributed by atoms with Crippen molar-refractivity contribution in [2.75, 3.05) is 13.6 Å². The maximum atomic E-state index is 11.5. The standard InChI is InChI=1S/C11H19NO/c1-8(13)11-10-6-4-3-5-9(10)7-12(11)2/h9-11H,3-7H2,1-2H3/t9?,10?,11-/m1/s1. The van der Waals surface area contributed by atoms with Crippen LogP contribution in [-0.2, 0) is 4.79 Å². The van der Waals surface area contributed by atoms with Gasteiger partial charge in [-0.05, 0) is 38.6 Å². The summed E-state index contributed by atoms with van der Waals surface area (Å²) < 4.78 is 0. The lowest BCUT2D eigenvalue weighted by molar-refractivity contribution is -0.122. The third-order valence-electron chi connectivity index (χ3n) is 3.79. The molecule has 0 N–H and O–H groups in total. The van der Waals surface area contributed by atoms with Crippen molar-refractivity contribution in [1.29, 1.82) is 0 Å². The van der Waals surface area contributed by atoms with Gasteiger partial charge < -0.3 is 0 Å². The van der Waals surface area contributed by atoms with Crippen LogP contribution in [0.2, 0.25) is 0 Å². The molecule has 1 aliphatic heterocycles. The van der Waals surface area contributed by atoms with Gasteiger partial charge >= 0.3 is 0 Å². The first-order valence-electron chi connectivity index (χ1n) is 5.41. The monoisotopic (exact) mass is 181 g/mol. The third-order valence-corrected chi connectivity index (χ3v) is 3.79. The number of rotatable bonds is 1. The molecule has 0 aromatic rings. The van der Waals surface area contributed by atoms with E-state index in [0.29, 0.717) is 11.7 Å². The van der Waals surface area contributed by atoms with Crippen LogP contribution < -0.4 is 0 Å². The minimum absolute atomic E-state index is 0.241. The van der Waals surface area contributed by atoms with Gasteiger partial charge in [0.25, 0.3) is 0 Å². The molecule has 1 saturated carbocycles. The van der Waals surface area contributed by atoms with Crippen molar-refractivity contribution in [2.45, 2.75) is 38.6 Å². The summed E-state index contributed by atoms with van der Waals surface area (Å²) in [6, 6.07) is 0.241. The summed E-state index contributed by atoms with van der Waals surface area (Å²) in [5, 5.41) is 0. The van der Waals surface area contributed by atoms with E-state index >= 15 is 0 Å². The molecule has 2 nitrogen and oxygen atoms in total. The Labute approximate surface area is 80.3 Å². The van der Waals surface area contributed by atoms with Crippen LogP contribution in [-0.4, -0.2) is 30.3 Å². The molecule has 13 heavy (non-hydrogen) atoms. The van der Waals surface area contributed by atoms with Crippen molar-refractivity contribution < 1.29 is 4.79 Å². The van der Waals surface area contributed by atoms with Gasteiger partial charge in [-0.3, -0.25) is 9.69 Å². The van der Waals surface area contributed by atoms with Gasteiger partial charge in [0.05, 0.1) is 6.04 Å². The topological polar surface area (TPSA) is 20.3 Å².